The van der Waals surface area contributed by atoms with Crippen LogP contribution in [0.3, 0.4) is 0 Å². The van der Waals surface area contributed by atoms with E-state index in [0.29, 0.717) is 13.0 Å². The molecule has 0 atom stereocenters. The van der Waals surface area contributed by atoms with Gasteiger partial charge in [-0.25, -0.2) is 13.1 Å². The monoisotopic (exact) mass is 302 g/mol. The normalized spacial score (nSPS) is 11.4. The van der Waals surface area contributed by atoms with Crippen molar-refractivity contribution in [2.24, 2.45) is 0 Å². The van der Waals surface area contributed by atoms with Crippen LogP contribution in [0.1, 0.15) is 77.6 Å². The van der Waals surface area contributed by atoms with Crippen LogP contribution in [0, 0.1) is 11.3 Å². The van der Waals surface area contributed by atoms with Crippen LogP contribution in [-0.4, -0.2) is 20.7 Å². The minimum Gasteiger partial charge on any atom is -0.215 e. The minimum absolute atomic E-state index is 0.256. The van der Waals surface area contributed by atoms with E-state index in [1.807, 2.05) is 6.92 Å². The summed E-state index contributed by atoms with van der Waals surface area (Å²) in [6, 6.07) is 2.16. The van der Waals surface area contributed by atoms with Crippen LogP contribution in [0.2, 0.25) is 0 Å². The molecule has 0 aromatic carbocycles. The van der Waals surface area contributed by atoms with Gasteiger partial charge in [-0.05, 0) is 19.3 Å². The summed E-state index contributed by atoms with van der Waals surface area (Å²) in [4.78, 5) is 0. The second-order valence-corrected chi connectivity index (χ2v) is 7.23. The smallest absolute Gasteiger partial charge is 0.211 e. The van der Waals surface area contributed by atoms with Crippen molar-refractivity contribution >= 4 is 10.0 Å². The highest BCUT2D eigenvalue weighted by molar-refractivity contribution is 7.89. The molecule has 0 saturated heterocycles. The molecular weight excluding hydrogens is 272 g/mol. The molecule has 0 fully saturated rings. The van der Waals surface area contributed by atoms with E-state index in [0.717, 1.165) is 38.5 Å². The Morgan fingerprint density at radius 1 is 0.900 bits per heavy atom. The van der Waals surface area contributed by atoms with Crippen molar-refractivity contribution in [1.82, 2.24) is 4.72 Å². The van der Waals surface area contributed by atoms with Gasteiger partial charge in [0.15, 0.2) is 0 Å². The van der Waals surface area contributed by atoms with Crippen LogP contribution in [0.4, 0.5) is 0 Å². The van der Waals surface area contributed by atoms with E-state index in [1.54, 1.807) is 0 Å². The molecule has 0 aliphatic carbocycles. The first-order valence-corrected chi connectivity index (χ1v) is 9.62. The second-order valence-electron chi connectivity index (χ2n) is 5.30. The Morgan fingerprint density at radius 2 is 1.45 bits per heavy atom. The van der Waals surface area contributed by atoms with Crippen LogP contribution in [-0.2, 0) is 10.0 Å². The van der Waals surface area contributed by atoms with Crippen molar-refractivity contribution in [1.29, 1.82) is 5.26 Å². The summed E-state index contributed by atoms with van der Waals surface area (Å²) in [5, 5.41) is 8.40. The van der Waals surface area contributed by atoms with Gasteiger partial charge in [-0.15, -0.1) is 0 Å². The first-order valence-electron chi connectivity index (χ1n) is 7.96. The predicted octanol–water partition coefficient (Wildman–Crippen LogP) is 3.74. The van der Waals surface area contributed by atoms with E-state index in [1.165, 1.54) is 25.7 Å². The maximum absolute atomic E-state index is 11.5. The lowest BCUT2D eigenvalue weighted by molar-refractivity contribution is 0.555. The Kier molecular flexibility index (Phi) is 13.0. The van der Waals surface area contributed by atoms with Crippen LogP contribution in [0.5, 0.6) is 0 Å². The predicted molar refractivity (Wildman–Crippen MR) is 83.9 cm³/mol. The number of rotatable bonds is 14. The number of nitriles is 1. The highest BCUT2D eigenvalue weighted by atomic mass is 32.2. The lowest BCUT2D eigenvalue weighted by Crippen LogP contribution is -2.27. The highest BCUT2D eigenvalue weighted by Crippen LogP contribution is 2.09. The van der Waals surface area contributed by atoms with E-state index in [4.69, 9.17) is 5.26 Å². The molecule has 4 nitrogen and oxygen atoms in total. The fourth-order valence-corrected chi connectivity index (χ4v) is 3.29. The lowest BCUT2D eigenvalue weighted by atomic mass is 10.1. The van der Waals surface area contributed by atoms with Gasteiger partial charge in [0.25, 0.3) is 0 Å². The fraction of sp³-hybridized carbons (Fsp3) is 0.933. The molecule has 20 heavy (non-hydrogen) atoms. The average Bonchev–Trinajstić information content (AvgIpc) is 2.42. The lowest BCUT2D eigenvalue weighted by Gasteiger charge is -2.06. The van der Waals surface area contributed by atoms with Crippen molar-refractivity contribution in [2.45, 2.75) is 77.6 Å². The van der Waals surface area contributed by atoms with Gasteiger partial charge in [-0.2, -0.15) is 5.26 Å². The van der Waals surface area contributed by atoms with Crippen molar-refractivity contribution in [3.05, 3.63) is 0 Å². The zero-order valence-corrected chi connectivity index (χ0v) is 13.7. The Bertz CT molecular complexity index is 347. The van der Waals surface area contributed by atoms with Gasteiger partial charge in [0.1, 0.15) is 0 Å². The van der Waals surface area contributed by atoms with E-state index < -0.39 is 10.0 Å². The molecule has 0 amide bonds. The topological polar surface area (TPSA) is 70.0 Å². The largest absolute Gasteiger partial charge is 0.215 e. The molecule has 0 bridgehead atoms. The summed E-state index contributed by atoms with van der Waals surface area (Å²) in [6.07, 6.45) is 11.4. The van der Waals surface area contributed by atoms with Gasteiger partial charge in [0, 0.05) is 13.0 Å². The van der Waals surface area contributed by atoms with Crippen LogP contribution in [0.25, 0.3) is 0 Å². The Hall–Kier alpha value is -0.600. The minimum atomic E-state index is -3.03. The number of nitrogens with zero attached hydrogens (tertiary/aromatic N) is 1. The molecule has 0 spiro atoms. The summed E-state index contributed by atoms with van der Waals surface area (Å²) in [5.74, 6) is 0.256. The van der Waals surface area contributed by atoms with E-state index in [9.17, 15) is 8.42 Å². The molecule has 118 valence electrons. The molecule has 1 N–H and O–H groups in total. The molecule has 0 saturated carbocycles. The molecule has 0 unspecified atom stereocenters. The first kappa shape index (κ1) is 19.4. The van der Waals surface area contributed by atoms with Gasteiger partial charge in [0.05, 0.1) is 11.8 Å². The number of sulfonamides is 1. The van der Waals surface area contributed by atoms with Crippen LogP contribution in [0.15, 0.2) is 0 Å². The summed E-state index contributed by atoms with van der Waals surface area (Å²) in [5.41, 5.74) is 0. The molecule has 0 radical (unpaired) electrons. The van der Waals surface area contributed by atoms with Crippen molar-refractivity contribution < 1.29 is 8.42 Å². The summed E-state index contributed by atoms with van der Waals surface area (Å²) >= 11 is 0. The van der Waals surface area contributed by atoms with Gasteiger partial charge in [-0.3, -0.25) is 0 Å². The van der Waals surface area contributed by atoms with Crippen molar-refractivity contribution in [3.8, 4) is 6.07 Å². The Labute approximate surface area is 125 Å². The third-order valence-electron chi connectivity index (χ3n) is 3.30. The molecule has 5 heteroatoms. The number of nitrogens with one attached hydrogen (secondary N) is 1. The summed E-state index contributed by atoms with van der Waals surface area (Å²) in [6.45, 7) is 2.57. The van der Waals surface area contributed by atoms with E-state index in [-0.39, 0.29) is 5.75 Å². The van der Waals surface area contributed by atoms with E-state index in [2.05, 4.69) is 10.8 Å². The molecule has 0 rings (SSSR count). The van der Waals surface area contributed by atoms with Gasteiger partial charge in [-0.1, -0.05) is 51.9 Å². The fourth-order valence-electron chi connectivity index (χ4n) is 2.02. The molecule has 0 aromatic rings. The quantitative estimate of drug-likeness (QED) is 0.497. The molecule has 0 aliphatic rings. The molecular formula is C15H30N2O2S. The summed E-state index contributed by atoms with van der Waals surface area (Å²) in [7, 11) is -3.03. The first-order chi connectivity index (χ1) is 9.62. The van der Waals surface area contributed by atoms with Gasteiger partial charge < -0.3 is 0 Å². The molecule has 0 aliphatic heterocycles. The van der Waals surface area contributed by atoms with Gasteiger partial charge >= 0.3 is 0 Å². The van der Waals surface area contributed by atoms with Crippen LogP contribution < -0.4 is 4.72 Å². The number of hydrogen-bond acceptors (Lipinski definition) is 3. The van der Waals surface area contributed by atoms with Crippen molar-refractivity contribution in [3.63, 3.8) is 0 Å². The highest BCUT2D eigenvalue weighted by Gasteiger charge is 2.07. The Morgan fingerprint density at radius 3 is 2.00 bits per heavy atom. The zero-order chi connectivity index (χ0) is 15.1. The summed E-state index contributed by atoms with van der Waals surface area (Å²) < 4.78 is 25.7. The standard InChI is InChI=1S/C15H30N2O2S/c1-2-3-15-20(18,19)17-14-12-10-8-6-4-5-7-9-11-13-16/h17H,2-12,14-15H2,1H3. The molecule has 0 heterocycles. The average molecular weight is 302 g/mol. The second kappa shape index (κ2) is 13.4. The SMILES string of the molecule is CCCCS(=O)(=O)NCCCCCCCCCCC#N. The third-order valence-corrected chi connectivity index (χ3v) is 4.77. The maximum atomic E-state index is 11.5. The Balaban J connectivity index is 3.26. The number of unbranched alkanes of at least 4 members (excludes halogenated alkanes) is 9. The zero-order valence-electron chi connectivity index (χ0n) is 12.9. The maximum Gasteiger partial charge on any atom is 0.211 e. The number of hydrogen-bond donors (Lipinski definition) is 1. The van der Waals surface area contributed by atoms with Gasteiger partial charge in [0.2, 0.25) is 10.0 Å². The third kappa shape index (κ3) is 13.8. The van der Waals surface area contributed by atoms with E-state index >= 15 is 0 Å². The van der Waals surface area contributed by atoms with Crippen molar-refractivity contribution in [2.75, 3.05) is 12.3 Å². The van der Waals surface area contributed by atoms with Crippen LogP contribution >= 0.6 is 0 Å². The molecule has 0 aromatic heterocycles.